The molecule has 1 aromatic rings. The molecule has 0 saturated heterocycles. The van der Waals surface area contributed by atoms with Gasteiger partial charge in [0.25, 0.3) is 0 Å². The van der Waals surface area contributed by atoms with Crippen molar-refractivity contribution in [2.75, 3.05) is 5.73 Å². The number of hydrogen-bond acceptors (Lipinski definition) is 2. The summed E-state index contributed by atoms with van der Waals surface area (Å²) in [6.07, 6.45) is 5.27. The first-order valence-electron chi connectivity index (χ1n) is 5.93. The van der Waals surface area contributed by atoms with Crippen molar-refractivity contribution in [2.45, 2.75) is 51.4 Å². The molecule has 0 spiro atoms. The lowest BCUT2D eigenvalue weighted by atomic mass is 9.94. The van der Waals surface area contributed by atoms with Crippen LogP contribution in [0, 0.1) is 0 Å². The van der Waals surface area contributed by atoms with Gasteiger partial charge in [-0.2, -0.15) is 5.10 Å². The van der Waals surface area contributed by atoms with Gasteiger partial charge in [0, 0.05) is 18.5 Å². The molecule has 0 aliphatic heterocycles. The minimum absolute atomic E-state index is 0.481. The average Bonchev–Trinajstić information content (AvgIpc) is 2.75. The van der Waals surface area contributed by atoms with E-state index in [4.69, 9.17) is 5.73 Å². The maximum absolute atomic E-state index is 6.07. The molecule has 0 amide bonds. The summed E-state index contributed by atoms with van der Waals surface area (Å²) in [5.74, 6) is 1.99. The molecule has 1 heterocycles. The molecule has 84 valence electrons. The first kappa shape index (κ1) is 10.5. The van der Waals surface area contributed by atoms with Gasteiger partial charge < -0.3 is 5.73 Å². The van der Waals surface area contributed by atoms with Crippen molar-refractivity contribution in [3.05, 3.63) is 11.3 Å². The highest BCUT2D eigenvalue weighted by atomic mass is 15.3. The summed E-state index contributed by atoms with van der Waals surface area (Å²) in [5.41, 5.74) is 8.62. The number of nitrogens with zero attached hydrogens (tertiary/aromatic N) is 2. The predicted molar refractivity (Wildman–Crippen MR) is 62.9 cm³/mol. The lowest BCUT2D eigenvalue weighted by Gasteiger charge is -2.11. The molecular weight excluding hydrogens is 186 g/mol. The van der Waals surface area contributed by atoms with Crippen molar-refractivity contribution in [3.63, 3.8) is 0 Å². The second-order valence-electron chi connectivity index (χ2n) is 4.94. The van der Waals surface area contributed by atoms with Crippen molar-refractivity contribution in [1.29, 1.82) is 0 Å². The van der Waals surface area contributed by atoms with Crippen LogP contribution < -0.4 is 5.73 Å². The quantitative estimate of drug-likeness (QED) is 0.810. The number of nitrogen functional groups attached to an aromatic ring is 1. The van der Waals surface area contributed by atoms with Crippen molar-refractivity contribution < 1.29 is 0 Å². The van der Waals surface area contributed by atoms with Gasteiger partial charge in [0.15, 0.2) is 0 Å². The van der Waals surface area contributed by atoms with Gasteiger partial charge in [-0.15, -0.1) is 0 Å². The van der Waals surface area contributed by atoms with Gasteiger partial charge in [-0.3, -0.25) is 4.68 Å². The van der Waals surface area contributed by atoms with E-state index < -0.39 is 0 Å². The van der Waals surface area contributed by atoms with Crippen molar-refractivity contribution in [1.82, 2.24) is 9.78 Å². The summed E-state index contributed by atoms with van der Waals surface area (Å²) in [5, 5.41) is 4.61. The molecule has 15 heavy (non-hydrogen) atoms. The van der Waals surface area contributed by atoms with E-state index in [9.17, 15) is 0 Å². The predicted octanol–water partition coefficient (Wildman–Crippen LogP) is 2.78. The zero-order valence-electron chi connectivity index (χ0n) is 9.95. The number of rotatable bonds is 2. The summed E-state index contributed by atoms with van der Waals surface area (Å²) >= 11 is 0. The Morgan fingerprint density at radius 2 is 1.93 bits per heavy atom. The summed E-state index contributed by atoms with van der Waals surface area (Å²) in [6.45, 7) is 4.40. The zero-order valence-corrected chi connectivity index (χ0v) is 9.95. The Labute approximate surface area is 91.7 Å². The van der Waals surface area contributed by atoms with E-state index in [1.165, 1.54) is 36.9 Å². The van der Waals surface area contributed by atoms with E-state index in [1.54, 1.807) is 0 Å². The van der Waals surface area contributed by atoms with Crippen LogP contribution in [0.5, 0.6) is 0 Å². The van der Waals surface area contributed by atoms with Gasteiger partial charge in [-0.1, -0.05) is 26.7 Å². The summed E-state index contributed by atoms with van der Waals surface area (Å²) in [6, 6.07) is 0. The molecule has 0 atom stereocenters. The van der Waals surface area contributed by atoms with Crippen LogP contribution >= 0.6 is 0 Å². The van der Waals surface area contributed by atoms with E-state index in [0.717, 1.165) is 5.82 Å². The monoisotopic (exact) mass is 207 g/mol. The Hall–Kier alpha value is -0.990. The third-order valence-corrected chi connectivity index (χ3v) is 3.48. The largest absolute Gasteiger partial charge is 0.384 e. The number of nitrogens with two attached hydrogens (primary N) is 1. The molecule has 0 unspecified atom stereocenters. The highest BCUT2D eigenvalue weighted by molar-refractivity contribution is 5.46. The van der Waals surface area contributed by atoms with Gasteiger partial charge >= 0.3 is 0 Å². The summed E-state index contributed by atoms with van der Waals surface area (Å²) in [4.78, 5) is 0. The third-order valence-electron chi connectivity index (χ3n) is 3.48. The average molecular weight is 207 g/mol. The number of anilines is 1. The fourth-order valence-electron chi connectivity index (χ4n) is 2.67. The fourth-order valence-corrected chi connectivity index (χ4v) is 2.67. The van der Waals surface area contributed by atoms with Crippen molar-refractivity contribution in [3.8, 4) is 0 Å². The van der Waals surface area contributed by atoms with Gasteiger partial charge in [-0.05, 0) is 18.8 Å². The molecular formula is C12H21N3. The smallest absolute Gasteiger partial charge is 0.125 e. The highest BCUT2D eigenvalue weighted by Gasteiger charge is 2.26. The molecule has 0 bridgehead atoms. The van der Waals surface area contributed by atoms with Crippen LogP contribution in [0.4, 0.5) is 5.82 Å². The Morgan fingerprint density at radius 1 is 1.33 bits per heavy atom. The Kier molecular flexibility index (Phi) is 2.72. The molecule has 1 aliphatic carbocycles. The van der Waals surface area contributed by atoms with Crippen LogP contribution in [0.15, 0.2) is 0 Å². The van der Waals surface area contributed by atoms with E-state index in [1.807, 2.05) is 11.7 Å². The highest BCUT2D eigenvalue weighted by Crippen LogP contribution is 2.38. The van der Waals surface area contributed by atoms with Gasteiger partial charge in [0.05, 0.1) is 5.69 Å². The molecule has 1 fully saturated rings. The van der Waals surface area contributed by atoms with Crippen molar-refractivity contribution >= 4 is 5.82 Å². The second kappa shape index (κ2) is 3.87. The summed E-state index contributed by atoms with van der Waals surface area (Å²) in [7, 11) is 1.94. The van der Waals surface area contributed by atoms with Crippen LogP contribution in [0.1, 0.15) is 62.6 Å². The van der Waals surface area contributed by atoms with Crippen LogP contribution in [0.2, 0.25) is 0 Å². The number of aromatic nitrogens is 2. The summed E-state index contributed by atoms with van der Waals surface area (Å²) < 4.78 is 1.84. The molecule has 0 aromatic carbocycles. The molecule has 1 aromatic heterocycles. The number of aryl methyl sites for hydroxylation is 1. The first-order valence-corrected chi connectivity index (χ1v) is 5.93. The molecule has 1 saturated carbocycles. The molecule has 2 N–H and O–H groups in total. The van der Waals surface area contributed by atoms with E-state index >= 15 is 0 Å². The third kappa shape index (κ3) is 1.75. The topological polar surface area (TPSA) is 43.8 Å². The maximum atomic E-state index is 6.07. The number of hydrogen-bond donors (Lipinski definition) is 1. The Bertz CT molecular complexity index is 346. The molecule has 3 nitrogen and oxygen atoms in total. The van der Waals surface area contributed by atoms with E-state index in [-0.39, 0.29) is 0 Å². The second-order valence-corrected chi connectivity index (χ2v) is 4.94. The fraction of sp³-hybridized carbons (Fsp3) is 0.750. The van der Waals surface area contributed by atoms with Gasteiger partial charge in [0.1, 0.15) is 5.82 Å². The zero-order chi connectivity index (χ0) is 11.0. The van der Waals surface area contributed by atoms with Gasteiger partial charge in [0.2, 0.25) is 0 Å². The van der Waals surface area contributed by atoms with Crippen LogP contribution in [-0.4, -0.2) is 9.78 Å². The van der Waals surface area contributed by atoms with E-state index in [0.29, 0.717) is 11.8 Å². The van der Waals surface area contributed by atoms with E-state index in [2.05, 4.69) is 18.9 Å². The lowest BCUT2D eigenvalue weighted by Crippen LogP contribution is -2.01. The minimum atomic E-state index is 0.481. The maximum Gasteiger partial charge on any atom is 0.125 e. The molecule has 1 aliphatic rings. The first-order chi connectivity index (χ1) is 7.11. The van der Waals surface area contributed by atoms with Gasteiger partial charge in [-0.25, -0.2) is 0 Å². The van der Waals surface area contributed by atoms with Crippen molar-refractivity contribution in [2.24, 2.45) is 7.05 Å². The minimum Gasteiger partial charge on any atom is -0.384 e. The Balaban J connectivity index is 2.40. The molecule has 3 heteroatoms. The molecule has 2 rings (SSSR count). The molecule has 0 radical (unpaired) electrons. The standard InChI is InChI=1S/C12H21N3/c1-8(2)10-11(9-6-4-5-7-9)14-15(3)12(10)13/h8-9H,4-7,13H2,1-3H3. The van der Waals surface area contributed by atoms with Crippen LogP contribution in [-0.2, 0) is 7.05 Å². The lowest BCUT2D eigenvalue weighted by molar-refractivity contribution is 0.651. The Morgan fingerprint density at radius 3 is 2.47 bits per heavy atom. The SMILES string of the molecule is CC(C)c1c(C2CCCC2)nn(C)c1N. The van der Waals surface area contributed by atoms with Crippen LogP contribution in [0.25, 0.3) is 0 Å². The van der Waals surface area contributed by atoms with Crippen LogP contribution in [0.3, 0.4) is 0 Å². The normalized spacial score (nSPS) is 17.9.